The molecule has 0 aliphatic carbocycles. The molecule has 4 rings (SSSR count). The number of nitrogens with one attached hydrogen (secondary N) is 2. The Morgan fingerprint density at radius 2 is 2.26 bits per heavy atom. The minimum atomic E-state index is -2.92. The molecule has 11 heteroatoms. The minimum Gasteiger partial charge on any atom is -0.417 e. The topological polar surface area (TPSA) is 103 Å². The van der Waals surface area contributed by atoms with E-state index in [0.717, 1.165) is 19.4 Å². The molecule has 0 radical (unpaired) electrons. The second kappa shape index (κ2) is 7.43. The van der Waals surface area contributed by atoms with Crippen molar-refractivity contribution < 1.29 is 18.3 Å². The van der Waals surface area contributed by atoms with Gasteiger partial charge in [0.2, 0.25) is 5.88 Å². The zero-order valence-corrected chi connectivity index (χ0v) is 14.6. The van der Waals surface area contributed by atoms with Crippen molar-refractivity contribution in [2.75, 3.05) is 18.5 Å². The first-order valence-corrected chi connectivity index (χ1v) is 8.65. The molecule has 3 aromatic rings. The van der Waals surface area contributed by atoms with E-state index in [1.165, 1.54) is 12.3 Å². The Kier molecular flexibility index (Phi) is 4.84. The summed E-state index contributed by atoms with van der Waals surface area (Å²) in [7, 11) is 0. The van der Waals surface area contributed by atoms with E-state index in [1.807, 2.05) is 4.68 Å². The largest absolute Gasteiger partial charge is 0.417 e. The summed E-state index contributed by atoms with van der Waals surface area (Å²) in [6.07, 6.45) is 5.32. The minimum absolute atomic E-state index is 0.115. The average Bonchev–Trinajstić information content (AvgIpc) is 3.28. The summed E-state index contributed by atoms with van der Waals surface area (Å²) in [5.41, 5.74) is 1.31. The summed E-state index contributed by atoms with van der Waals surface area (Å²) in [6, 6.07) is 1.43. The number of H-pyrrole nitrogens is 1. The van der Waals surface area contributed by atoms with Crippen LogP contribution in [-0.2, 0) is 4.74 Å². The number of hydrogen-bond donors (Lipinski definition) is 2. The third kappa shape index (κ3) is 3.82. The molecule has 9 nitrogen and oxygen atoms in total. The third-order valence-electron chi connectivity index (χ3n) is 4.59. The molecule has 0 bridgehead atoms. The second-order valence-corrected chi connectivity index (χ2v) is 6.39. The van der Waals surface area contributed by atoms with Crippen molar-refractivity contribution in [2.45, 2.75) is 32.4 Å². The van der Waals surface area contributed by atoms with Crippen molar-refractivity contribution in [2.24, 2.45) is 5.92 Å². The Bertz CT molecular complexity index is 907. The van der Waals surface area contributed by atoms with Crippen LogP contribution in [-0.4, -0.2) is 49.8 Å². The molecule has 2 atom stereocenters. The van der Waals surface area contributed by atoms with Gasteiger partial charge in [0, 0.05) is 18.6 Å². The highest BCUT2D eigenvalue weighted by Crippen LogP contribution is 2.28. The van der Waals surface area contributed by atoms with Gasteiger partial charge in [-0.25, -0.2) is 19.7 Å². The van der Waals surface area contributed by atoms with E-state index in [4.69, 9.17) is 4.74 Å². The lowest BCUT2D eigenvalue weighted by Gasteiger charge is -2.27. The first-order chi connectivity index (χ1) is 13.1. The highest BCUT2D eigenvalue weighted by molar-refractivity contribution is 5.72. The van der Waals surface area contributed by atoms with Gasteiger partial charge in [0.25, 0.3) is 0 Å². The maximum absolute atomic E-state index is 12.2. The predicted molar refractivity (Wildman–Crippen MR) is 92.1 cm³/mol. The monoisotopic (exact) mass is 379 g/mol. The van der Waals surface area contributed by atoms with Crippen molar-refractivity contribution in [3.05, 3.63) is 18.5 Å². The first kappa shape index (κ1) is 17.6. The van der Waals surface area contributed by atoms with Gasteiger partial charge in [-0.15, -0.1) is 0 Å². The van der Waals surface area contributed by atoms with Crippen LogP contribution in [0.4, 0.5) is 20.4 Å². The van der Waals surface area contributed by atoms with Gasteiger partial charge < -0.3 is 14.8 Å². The molecular weight excluding hydrogens is 360 g/mol. The molecule has 4 heterocycles. The number of anilines is 2. The molecule has 0 saturated carbocycles. The van der Waals surface area contributed by atoms with Gasteiger partial charge in [0.15, 0.2) is 17.3 Å². The van der Waals surface area contributed by atoms with Crippen LogP contribution in [0.5, 0.6) is 5.88 Å². The molecule has 0 spiro atoms. The third-order valence-corrected chi connectivity index (χ3v) is 4.59. The van der Waals surface area contributed by atoms with E-state index < -0.39 is 6.61 Å². The van der Waals surface area contributed by atoms with Crippen molar-refractivity contribution in [3.63, 3.8) is 0 Å². The van der Waals surface area contributed by atoms with Crippen molar-refractivity contribution >= 4 is 22.8 Å². The molecule has 3 aromatic heterocycles. The molecule has 0 amide bonds. The number of halogens is 2. The number of aromatic amines is 1. The molecule has 2 unspecified atom stereocenters. The van der Waals surface area contributed by atoms with Gasteiger partial charge in [-0.1, -0.05) is 0 Å². The quantitative estimate of drug-likeness (QED) is 0.679. The molecule has 27 heavy (non-hydrogen) atoms. The van der Waals surface area contributed by atoms with E-state index in [0.29, 0.717) is 35.3 Å². The summed E-state index contributed by atoms with van der Waals surface area (Å²) in [5, 5.41) is 13.6. The van der Waals surface area contributed by atoms with E-state index >= 15 is 0 Å². The summed E-state index contributed by atoms with van der Waals surface area (Å²) in [5.74, 6) is 0.934. The number of ether oxygens (including phenoxy) is 2. The van der Waals surface area contributed by atoms with Crippen LogP contribution in [0.1, 0.15) is 25.8 Å². The van der Waals surface area contributed by atoms with E-state index in [1.54, 1.807) is 6.20 Å². The zero-order chi connectivity index (χ0) is 18.8. The lowest BCUT2D eigenvalue weighted by molar-refractivity contribution is -0.0528. The molecule has 144 valence electrons. The molecular formula is C16H19F2N7O2. The Hall–Kier alpha value is -2.82. The Morgan fingerprint density at radius 3 is 3.04 bits per heavy atom. The Labute approximate surface area is 153 Å². The lowest BCUT2D eigenvalue weighted by atomic mass is 9.95. The zero-order valence-electron chi connectivity index (χ0n) is 14.6. The van der Waals surface area contributed by atoms with E-state index in [2.05, 4.69) is 42.2 Å². The number of nitrogens with zero attached hydrogens (tertiary/aromatic N) is 5. The lowest BCUT2D eigenvalue weighted by Crippen LogP contribution is -2.26. The molecule has 1 saturated heterocycles. The van der Waals surface area contributed by atoms with Crippen molar-refractivity contribution in [3.8, 4) is 5.88 Å². The van der Waals surface area contributed by atoms with Crippen LogP contribution in [0.2, 0.25) is 0 Å². The highest BCUT2D eigenvalue weighted by atomic mass is 19.3. The van der Waals surface area contributed by atoms with Gasteiger partial charge in [-0.3, -0.25) is 0 Å². The normalized spacial score (nSPS) is 18.7. The predicted octanol–water partition coefficient (Wildman–Crippen LogP) is 2.88. The fourth-order valence-electron chi connectivity index (χ4n) is 3.18. The smallest absolute Gasteiger partial charge is 0.388 e. The van der Waals surface area contributed by atoms with Gasteiger partial charge in [0.05, 0.1) is 25.0 Å². The van der Waals surface area contributed by atoms with Crippen LogP contribution < -0.4 is 10.1 Å². The van der Waals surface area contributed by atoms with Crippen LogP contribution in [0.15, 0.2) is 18.5 Å². The van der Waals surface area contributed by atoms with Gasteiger partial charge >= 0.3 is 6.61 Å². The molecule has 0 aromatic carbocycles. The number of fused-ring (bicyclic) bond motifs is 1. The number of aromatic nitrogens is 6. The van der Waals surface area contributed by atoms with Crippen LogP contribution in [0, 0.1) is 5.92 Å². The molecule has 1 fully saturated rings. The number of alkyl halides is 2. The Balaban J connectivity index is 1.55. The van der Waals surface area contributed by atoms with Gasteiger partial charge in [-0.2, -0.15) is 19.0 Å². The van der Waals surface area contributed by atoms with Crippen molar-refractivity contribution in [1.82, 2.24) is 29.9 Å². The van der Waals surface area contributed by atoms with Crippen LogP contribution >= 0.6 is 0 Å². The molecule has 2 N–H and O–H groups in total. The van der Waals surface area contributed by atoms with Gasteiger partial charge in [0.1, 0.15) is 5.52 Å². The molecule has 1 aliphatic rings. The average molecular weight is 379 g/mol. The summed E-state index contributed by atoms with van der Waals surface area (Å²) in [6.45, 7) is 0.676. The number of hydrogen-bond acceptors (Lipinski definition) is 7. The van der Waals surface area contributed by atoms with Crippen LogP contribution in [0.25, 0.3) is 11.2 Å². The van der Waals surface area contributed by atoms with E-state index in [-0.39, 0.29) is 11.9 Å². The maximum Gasteiger partial charge on any atom is 0.388 e. The first-order valence-electron chi connectivity index (χ1n) is 8.65. The van der Waals surface area contributed by atoms with Gasteiger partial charge in [-0.05, 0) is 19.8 Å². The summed E-state index contributed by atoms with van der Waals surface area (Å²) >= 11 is 0. The van der Waals surface area contributed by atoms with Crippen molar-refractivity contribution in [1.29, 1.82) is 0 Å². The second-order valence-electron chi connectivity index (χ2n) is 6.39. The highest BCUT2D eigenvalue weighted by Gasteiger charge is 2.24. The maximum atomic E-state index is 12.2. The molecule has 1 aliphatic heterocycles. The SMILES string of the molecule is CC(C1CCCOC1)n1ncc2ncc(Nc3cc(OC(F)F)[nH]n3)nc21. The summed E-state index contributed by atoms with van der Waals surface area (Å²) in [4.78, 5) is 8.91. The summed E-state index contributed by atoms with van der Waals surface area (Å²) < 4.78 is 36.2. The fraction of sp³-hybridized carbons (Fsp3) is 0.500. The number of rotatable bonds is 6. The van der Waals surface area contributed by atoms with E-state index in [9.17, 15) is 8.78 Å². The Morgan fingerprint density at radius 1 is 1.37 bits per heavy atom. The fourth-order valence-corrected chi connectivity index (χ4v) is 3.18. The van der Waals surface area contributed by atoms with Crippen LogP contribution in [0.3, 0.4) is 0 Å². The standard InChI is InChI=1S/C16H19F2N7O2/c1-9(10-3-2-4-26-8-10)25-15-11(6-20-25)19-7-13(22-15)21-12-5-14(24-23-12)27-16(17)18/h5-7,9-10,16H,2-4,8H2,1H3,(H2,21,22,23,24).